The van der Waals surface area contributed by atoms with Crippen molar-refractivity contribution in [2.24, 2.45) is 0 Å². The Morgan fingerprint density at radius 3 is 1.44 bits per heavy atom. The molecule has 4 aromatic carbocycles. The van der Waals surface area contributed by atoms with Crippen LogP contribution in [0.15, 0.2) is 91.0 Å². The number of hydrogen-bond donors (Lipinski definition) is 1. The van der Waals surface area contributed by atoms with Crippen molar-refractivity contribution >= 4 is 0 Å². The number of phenolic OH excluding ortho intramolecular Hbond substituents is 1. The highest BCUT2D eigenvalue weighted by molar-refractivity contribution is 5.42. The Bertz CT molecular complexity index is 1180. The molecule has 0 heterocycles. The summed E-state index contributed by atoms with van der Waals surface area (Å²) in [5.41, 5.74) is 4.87. The summed E-state index contributed by atoms with van der Waals surface area (Å²) in [7, 11) is 3.35. The SMILES string of the molecule is COc1ccc(CCc2cc(OC)cc(Oc3ccc(CCc4ccc(O)cc4)cc3)c2)cc1. The maximum absolute atomic E-state index is 9.42. The first-order valence-electron chi connectivity index (χ1n) is 11.5. The van der Waals surface area contributed by atoms with Crippen LogP contribution in [0, 0.1) is 0 Å². The molecule has 4 rings (SSSR count). The maximum atomic E-state index is 9.42. The molecule has 0 atom stereocenters. The molecule has 0 unspecified atom stereocenters. The summed E-state index contributed by atoms with van der Waals surface area (Å²) < 4.78 is 16.9. The van der Waals surface area contributed by atoms with Gasteiger partial charge in [-0.1, -0.05) is 36.4 Å². The van der Waals surface area contributed by atoms with E-state index in [1.807, 2.05) is 42.5 Å². The lowest BCUT2D eigenvalue weighted by Crippen LogP contribution is -1.95. The Balaban J connectivity index is 1.37. The van der Waals surface area contributed by atoms with Gasteiger partial charge in [0.1, 0.15) is 28.7 Å². The van der Waals surface area contributed by atoms with Crippen LogP contribution in [-0.4, -0.2) is 19.3 Å². The molecular formula is C30H30O4. The van der Waals surface area contributed by atoms with Gasteiger partial charge >= 0.3 is 0 Å². The van der Waals surface area contributed by atoms with Crippen LogP contribution in [0.5, 0.6) is 28.7 Å². The molecule has 4 aromatic rings. The van der Waals surface area contributed by atoms with Crippen molar-refractivity contribution in [3.8, 4) is 28.7 Å². The summed E-state index contributed by atoms with van der Waals surface area (Å²) in [5, 5.41) is 9.42. The van der Waals surface area contributed by atoms with Crippen molar-refractivity contribution in [3.05, 3.63) is 113 Å². The first kappa shape index (κ1) is 23.2. The smallest absolute Gasteiger partial charge is 0.131 e. The summed E-state index contributed by atoms with van der Waals surface area (Å²) in [6.07, 6.45) is 3.66. The van der Waals surface area contributed by atoms with Crippen LogP contribution in [0.2, 0.25) is 0 Å². The summed E-state index contributed by atoms with van der Waals surface area (Å²) in [6, 6.07) is 29.8. The van der Waals surface area contributed by atoms with Gasteiger partial charge in [0, 0.05) is 6.07 Å². The highest BCUT2D eigenvalue weighted by atomic mass is 16.5. The zero-order valence-corrected chi connectivity index (χ0v) is 19.7. The Hall–Kier alpha value is -3.92. The molecule has 0 saturated heterocycles. The number of methoxy groups -OCH3 is 2. The van der Waals surface area contributed by atoms with E-state index in [1.54, 1.807) is 26.4 Å². The van der Waals surface area contributed by atoms with E-state index in [1.165, 1.54) is 16.7 Å². The number of rotatable bonds is 10. The largest absolute Gasteiger partial charge is 0.508 e. The molecule has 4 heteroatoms. The van der Waals surface area contributed by atoms with Gasteiger partial charge in [0.05, 0.1) is 14.2 Å². The zero-order valence-electron chi connectivity index (χ0n) is 19.7. The van der Waals surface area contributed by atoms with E-state index in [9.17, 15) is 5.11 Å². The highest BCUT2D eigenvalue weighted by Crippen LogP contribution is 2.28. The molecule has 0 saturated carbocycles. The number of phenols is 1. The number of aryl methyl sites for hydroxylation is 4. The van der Waals surface area contributed by atoms with Gasteiger partial charge in [-0.15, -0.1) is 0 Å². The molecule has 0 aromatic heterocycles. The van der Waals surface area contributed by atoms with Gasteiger partial charge in [-0.3, -0.25) is 0 Å². The van der Waals surface area contributed by atoms with Gasteiger partial charge in [-0.05, 0) is 96.5 Å². The van der Waals surface area contributed by atoms with Gasteiger partial charge in [-0.2, -0.15) is 0 Å². The molecule has 4 nitrogen and oxygen atoms in total. The minimum Gasteiger partial charge on any atom is -0.508 e. The second-order valence-electron chi connectivity index (χ2n) is 8.28. The number of aromatic hydroxyl groups is 1. The fourth-order valence-corrected chi connectivity index (χ4v) is 3.84. The molecule has 1 N–H and O–H groups in total. The summed E-state index contributed by atoms with van der Waals surface area (Å²) in [5.74, 6) is 3.51. The molecule has 0 aliphatic rings. The Kier molecular flexibility index (Phi) is 7.71. The lowest BCUT2D eigenvalue weighted by atomic mass is 10.0. The van der Waals surface area contributed by atoms with Crippen LogP contribution in [-0.2, 0) is 25.7 Å². The third-order valence-corrected chi connectivity index (χ3v) is 5.83. The molecular weight excluding hydrogens is 424 g/mol. The van der Waals surface area contributed by atoms with Crippen LogP contribution in [0.25, 0.3) is 0 Å². The van der Waals surface area contributed by atoms with Crippen molar-refractivity contribution in [3.63, 3.8) is 0 Å². The van der Waals surface area contributed by atoms with Crippen molar-refractivity contribution in [2.75, 3.05) is 14.2 Å². The maximum Gasteiger partial charge on any atom is 0.131 e. The van der Waals surface area contributed by atoms with Crippen molar-refractivity contribution < 1.29 is 19.3 Å². The minimum atomic E-state index is 0.298. The lowest BCUT2D eigenvalue weighted by molar-refractivity contribution is 0.408. The number of hydrogen-bond acceptors (Lipinski definition) is 4. The predicted octanol–water partition coefficient (Wildman–Crippen LogP) is 6.77. The second kappa shape index (κ2) is 11.3. The fraction of sp³-hybridized carbons (Fsp3) is 0.200. The summed E-state index contributed by atoms with van der Waals surface area (Å²) in [4.78, 5) is 0. The standard InChI is InChI=1S/C30H30O4/c1-32-27-15-9-24(10-16-27)5-6-25-19-29(33-2)21-30(20-25)34-28-17-11-23(12-18-28)4-3-22-7-13-26(31)14-8-22/h7-21,31H,3-6H2,1-2H3. The summed E-state index contributed by atoms with van der Waals surface area (Å²) in [6.45, 7) is 0. The number of ether oxygens (including phenoxy) is 3. The van der Waals surface area contributed by atoms with E-state index in [2.05, 4.69) is 36.4 Å². The first-order chi connectivity index (χ1) is 16.6. The average molecular weight is 455 g/mol. The monoisotopic (exact) mass is 454 g/mol. The third-order valence-electron chi connectivity index (χ3n) is 5.83. The predicted molar refractivity (Wildman–Crippen MR) is 135 cm³/mol. The molecule has 0 aliphatic carbocycles. The first-order valence-corrected chi connectivity index (χ1v) is 11.5. The lowest BCUT2D eigenvalue weighted by Gasteiger charge is -2.11. The topological polar surface area (TPSA) is 47.9 Å². The molecule has 0 amide bonds. The normalized spacial score (nSPS) is 10.6. The second-order valence-corrected chi connectivity index (χ2v) is 8.28. The van der Waals surface area contributed by atoms with Crippen LogP contribution >= 0.6 is 0 Å². The highest BCUT2D eigenvalue weighted by Gasteiger charge is 2.06. The molecule has 0 spiro atoms. The van der Waals surface area contributed by atoms with Crippen LogP contribution in [0.3, 0.4) is 0 Å². The van der Waals surface area contributed by atoms with Crippen LogP contribution in [0.1, 0.15) is 22.3 Å². The molecule has 0 fully saturated rings. The zero-order chi connectivity index (χ0) is 23.8. The van der Waals surface area contributed by atoms with E-state index in [0.29, 0.717) is 5.75 Å². The Labute approximate surface area is 201 Å². The van der Waals surface area contributed by atoms with E-state index in [0.717, 1.165) is 54.2 Å². The Morgan fingerprint density at radius 2 is 0.912 bits per heavy atom. The third kappa shape index (κ3) is 6.55. The van der Waals surface area contributed by atoms with Crippen molar-refractivity contribution in [1.29, 1.82) is 0 Å². The average Bonchev–Trinajstić information content (AvgIpc) is 2.88. The molecule has 0 aliphatic heterocycles. The molecule has 34 heavy (non-hydrogen) atoms. The quantitative estimate of drug-likeness (QED) is 0.287. The van der Waals surface area contributed by atoms with Gasteiger partial charge < -0.3 is 19.3 Å². The van der Waals surface area contributed by atoms with Crippen LogP contribution < -0.4 is 14.2 Å². The van der Waals surface area contributed by atoms with Crippen LogP contribution in [0.4, 0.5) is 0 Å². The van der Waals surface area contributed by atoms with Gasteiger partial charge in [0.2, 0.25) is 0 Å². The molecule has 0 radical (unpaired) electrons. The fourth-order valence-electron chi connectivity index (χ4n) is 3.84. The van der Waals surface area contributed by atoms with Gasteiger partial charge in [0.25, 0.3) is 0 Å². The Morgan fingerprint density at radius 1 is 0.471 bits per heavy atom. The van der Waals surface area contributed by atoms with Gasteiger partial charge in [0.15, 0.2) is 0 Å². The van der Waals surface area contributed by atoms with Crippen molar-refractivity contribution in [2.45, 2.75) is 25.7 Å². The van der Waals surface area contributed by atoms with Gasteiger partial charge in [-0.25, -0.2) is 0 Å². The van der Waals surface area contributed by atoms with E-state index in [-0.39, 0.29) is 0 Å². The van der Waals surface area contributed by atoms with E-state index >= 15 is 0 Å². The molecule has 174 valence electrons. The number of benzene rings is 4. The van der Waals surface area contributed by atoms with E-state index in [4.69, 9.17) is 14.2 Å². The summed E-state index contributed by atoms with van der Waals surface area (Å²) >= 11 is 0. The molecule has 0 bridgehead atoms. The minimum absolute atomic E-state index is 0.298. The van der Waals surface area contributed by atoms with Crippen molar-refractivity contribution in [1.82, 2.24) is 0 Å². The van der Waals surface area contributed by atoms with E-state index < -0.39 is 0 Å².